The van der Waals surface area contributed by atoms with Gasteiger partial charge < -0.3 is 10.4 Å². The molecule has 0 heterocycles. The van der Waals surface area contributed by atoms with Crippen LogP contribution in [-0.4, -0.2) is 23.2 Å². The molecule has 0 atom stereocenters. The van der Waals surface area contributed by atoms with E-state index in [0.717, 1.165) is 29.3 Å². The Morgan fingerprint density at radius 2 is 2.24 bits per heavy atom. The van der Waals surface area contributed by atoms with Crippen LogP contribution >= 0.6 is 15.9 Å². The van der Waals surface area contributed by atoms with E-state index in [1.54, 1.807) is 6.07 Å². The minimum Gasteiger partial charge on any atom is -0.388 e. The molecule has 1 aliphatic rings. The van der Waals surface area contributed by atoms with E-state index >= 15 is 0 Å². The Bertz CT molecular complexity index is 441. The van der Waals surface area contributed by atoms with Gasteiger partial charge in [-0.3, -0.25) is 4.79 Å². The maximum absolute atomic E-state index is 12.0. The maximum atomic E-state index is 12.0. The minimum atomic E-state index is -0.675. The van der Waals surface area contributed by atoms with Gasteiger partial charge in [-0.15, -0.1) is 0 Å². The number of rotatable bonds is 3. The molecule has 2 N–H and O–H groups in total. The number of nitrogens with one attached hydrogen (secondary N) is 1. The Kier molecular flexibility index (Phi) is 3.54. The number of halogens is 1. The second kappa shape index (κ2) is 4.78. The molecule has 1 saturated carbocycles. The lowest BCUT2D eigenvalue weighted by Gasteiger charge is -2.36. The van der Waals surface area contributed by atoms with Gasteiger partial charge in [0.15, 0.2) is 0 Å². The smallest absolute Gasteiger partial charge is 0.252 e. The third-order valence-electron chi connectivity index (χ3n) is 3.30. The molecule has 1 aromatic rings. The number of carbonyl (C=O) groups is 1. The highest BCUT2D eigenvalue weighted by Gasteiger charge is 2.34. The van der Waals surface area contributed by atoms with Crippen LogP contribution in [0.15, 0.2) is 22.7 Å². The molecule has 1 amide bonds. The summed E-state index contributed by atoms with van der Waals surface area (Å²) in [7, 11) is 0. The van der Waals surface area contributed by atoms with E-state index in [1.165, 1.54) is 0 Å². The van der Waals surface area contributed by atoms with Crippen LogP contribution in [0.1, 0.15) is 35.2 Å². The van der Waals surface area contributed by atoms with Gasteiger partial charge in [-0.25, -0.2) is 0 Å². The Balaban J connectivity index is 2.02. The number of benzene rings is 1. The van der Waals surface area contributed by atoms with Gasteiger partial charge in [0.2, 0.25) is 0 Å². The Labute approximate surface area is 109 Å². The molecular formula is C13H16BrNO2. The van der Waals surface area contributed by atoms with Crippen LogP contribution in [0.4, 0.5) is 0 Å². The van der Waals surface area contributed by atoms with Crippen LogP contribution in [-0.2, 0) is 0 Å². The van der Waals surface area contributed by atoms with E-state index in [0.29, 0.717) is 12.1 Å². The van der Waals surface area contributed by atoms with Crippen molar-refractivity contribution in [2.45, 2.75) is 31.8 Å². The maximum Gasteiger partial charge on any atom is 0.252 e. The molecule has 3 nitrogen and oxygen atoms in total. The summed E-state index contributed by atoms with van der Waals surface area (Å²) in [6, 6.07) is 5.57. The standard InChI is InChI=1S/C13H16BrNO2/c1-9-4-2-5-10(11(9)14)12(16)15-8-13(17)6-3-7-13/h2,4-5,17H,3,6-8H2,1H3,(H,15,16). The molecule has 1 fully saturated rings. The van der Waals surface area contributed by atoms with Gasteiger partial charge in [0, 0.05) is 11.0 Å². The van der Waals surface area contributed by atoms with E-state index < -0.39 is 5.60 Å². The average molecular weight is 298 g/mol. The molecule has 17 heavy (non-hydrogen) atoms. The third kappa shape index (κ3) is 2.69. The van der Waals surface area contributed by atoms with Crippen molar-refractivity contribution >= 4 is 21.8 Å². The zero-order valence-corrected chi connectivity index (χ0v) is 11.4. The van der Waals surface area contributed by atoms with Gasteiger partial charge in [0.1, 0.15) is 0 Å². The molecule has 0 aliphatic heterocycles. The molecule has 0 spiro atoms. The quantitative estimate of drug-likeness (QED) is 0.900. The second-order valence-corrected chi connectivity index (χ2v) is 5.49. The van der Waals surface area contributed by atoms with E-state index in [2.05, 4.69) is 21.2 Å². The summed E-state index contributed by atoms with van der Waals surface area (Å²) in [5.74, 6) is -0.138. The van der Waals surface area contributed by atoms with Gasteiger partial charge in [0.05, 0.1) is 11.2 Å². The number of aliphatic hydroxyl groups is 1. The first-order valence-corrected chi connectivity index (χ1v) is 6.57. The molecule has 0 bridgehead atoms. The summed E-state index contributed by atoms with van der Waals surface area (Å²) in [4.78, 5) is 12.0. The van der Waals surface area contributed by atoms with Gasteiger partial charge in [0.25, 0.3) is 5.91 Å². The van der Waals surface area contributed by atoms with Crippen molar-refractivity contribution in [3.63, 3.8) is 0 Å². The summed E-state index contributed by atoms with van der Waals surface area (Å²) in [6.45, 7) is 2.28. The SMILES string of the molecule is Cc1cccc(C(=O)NCC2(O)CCC2)c1Br. The van der Waals surface area contributed by atoms with Gasteiger partial charge in [-0.2, -0.15) is 0 Å². The Morgan fingerprint density at radius 3 is 2.82 bits per heavy atom. The largest absolute Gasteiger partial charge is 0.388 e. The van der Waals surface area contributed by atoms with E-state index in [4.69, 9.17) is 0 Å². The van der Waals surface area contributed by atoms with Crippen molar-refractivity contribution in [3.8, 4) is 0 Å². The van der Waals surface area contributed by atoms with Gasteiger partial charge in [-0.05, 0) is 53.7 Å². The summed E-state index contributed by atoms with van der Waals surface area (Å²) in [5, 5.41) is 12.7. The van der Waals surface area contributed by atoms with Crippen molar-refractivity contribution in [3.05, 3.63) is 33.8 Å². The molecule has 92 valence electrons. The van der Waals surface area contributed by atoms with Gasteiger partial charge >= 0.3 is 0 Å². The summed E-state index contributed by atoms with van der Waals surface area (Å²) in [5.41, 5.74) is 0.972. The molecule has 2 rings (SSSR count). The second-order valence-electron chi connectivity index (χ2n) is 4.70. The molecule has 4 heteroatoms. The molecule has 0 radical (unpaired) electrons. The average Bonchev–Trinajstić information content (AvgIpc) is 2.27. The first-order chi connectivity index (χ1) is 8.02. The first-order valence-electron chi connectivity index (χ1n) is 5.77. The summed E-state index contributed by atoms with van der Waals surface area (Å²) >= 11 is 3.41. The lowest BCUT2D eigenvalue weighted by atomic mass is 9.80. The van der Waals surface area contributed by atoms with Crippen LogP contribution in [0, 0.1) is 6.92 Å². The van der Waals surface area contributed by atoms with Crippen LogP contribution in [0.5, 0.6) is 0 Å². The predicted octanol–water partition coefficient (Wildman–Crippen LogP) is 2.40. The number of amides is 1. The lowest BCUT2D eigenvalue weighted by Crippen LogP contribution is -2.47. The zero-order valence-electron chi connectivity index (χ0n) is 9.79. The summed E-state index contributed by atoms with van der Waals surface area (Å²) < 4.78 is 0.818. The fraction of sp³-hybridized carbons (Fsp3) is 0.462. The molecule has 0 unspecified atom stereocenters. The highest BCUT2D eigenvalue weighted by atomic mass is 79.9. The number of hydrogen-bond donors (Lipinski definition) is 2. The molecule has 0 aromatic heterocycles. The zero-order chi connectivity index (χ0) is 12.5. The van der Waals surface area contributed by atoms with Crippen molar-refractivity contribution in [1.82, 2.24) is 5.32 Å². The third-order valence-corrected chi connectivity index (χ3v) is 4.35. The topological polar surface area (TPSA) is 49.3 Å². The van der Waals surface area contributed by atoms with Crippen molar-refractivity contribution in [2.75, 3.05) is 6.54 Å². The van der Waals surface area contributed by atoms with Crippen molar-refractivity contribution in [2.24, 2.45) is 0 Å². The first kappa shape index (κ1) is 12.6. The fourth-order valence-electron chi connectivity index (χ4n) is 1.92. The Hall–Kier alpha value is -0.870. The number of aryl methyl sites for hydroxylation is 1. The van der Waals surface area contributed by atoms with Gasteiger partial charge in [-0.1, -0.05) is 12.1 Å². The van der Waals surface area contributed by atoms with Crippen LogP contribution in [0.3, 0.4) is 0 Å². The van der Waals surface area contributed by atoms with E-state index in [-0.39, 0.29) is 5.91 Å². The van der Waals surface area contributed by atoms with Crippen molar-refractivity contribution < 1.29 is 9.90 Å². The molecule has 0 saturated heterocycles. The minimum absolute atomic E-state index is 0.138. The van der Waals surface area contributed by atoms with Crippen molar-refractivity contribution in [1.29, 1.82) is 0 Å². The lowest BCUT2D eigenvalue weighted by molar-refractivity contribution is -0.0300. The van der Waals surface area contributed by atoms with E-state index in [1.807, 2.05) is 19.1 Å². The Morgan fingerprint density at radius 1 is 1.53 bits per heavy atom. The molecule has 1 aromatic carbocycles. The van der Waals surface area contributed by atoms with Crippen LogP contribution in [0.25, 0.3) is 0 Å². The fourth-order valence-corrected chi connectivity index (χ4v) is 2.37. The highest BCUT2D eigenvalue weighted by molar-refractivity contribution is 9.10. The predicted molar refractivity (Wildman–Crippen MR) is 70.0 cm³/mol. The molecule has 1 aliphatic carbocycles. The normalized spacial score (nSPS) is 17.4. The number of hydrogen-bond acceptors (Lipinski definition) is 2. The number of carbonyl (C=O) groups excluding carboxylic acids is 1. The van der Waals surface area contributed by atoms with Crippen LogP contribution < -0.4 is 5.32 Å². The van der Waals surface area contributed by atoms with Crippen LogP contribution in [0.2, 0.25) is 0 Å². The summed E-state index contributed by atoms with van der Waals surface area (Å²) in [6.07, 6.45) is 2.60. The monoisotopic (exact) mass is 297 g/mol. The highest BCUT2D eigenvalue weighted by Crippen LogP contribution is 2.30. The molecular weight excluding hydrogens is 282 g/mol. The van der Waals surface area contributed by atoms with E-state index in [9.17, 15) is 9.90 Å².